The van der Waals surface area contributed by atoms with E-state index in [9.17, 15) is 8.78 Å². The minimum atomic E-state index is -1.74. The van der Waals surface area contributed by atoms with Crippen molar-refractivity contribution in [3.05, 3.63) is 41.5 Å². The highest BCUT2D eigenvalue weighted by molar-refractivity contribution is 5.51. The second-order valence-electron chi connectivity index (χ2n) is 2.17. The summed E-state index contributed by atoms with van der Waals surface area (Å²) in [4.78, 5) is 0. The molecule has 12 heavy (non-hydrogen) atoms. The van der Waals surface area contributed by atoms with E-state index in [1.54, 1.807) is 0 Å². The predicted octanol–water partition coefficient (Wildman–Crippen LogP) is 2.80. The molecule has 0 aliphatic carbocycles. The zero-order valence-electron chi connectivity index (χ0n) is 6.09. The monoisotopic (exact) mass is 165 g/mol. The summed E-state index contributed by atoms with van der Waals surface area (Å²) in [7, 11) is 0. The van der Waals surface area contributed by atoms with Crippen LogP contribution < -0.4 is 0 Å². The third-order valence-electron chi connectivity index (χ3n) is 1.32. The average Bonchev–Trinajstić information content (AvgIpc) is 2.05. The molecule has 0 radical (unpaired) electrons. The Hall–Kier alpha value is -1.69. The van der Waals surface area contributed by atoms with E-state index < -0.39 is 6.08 Å². The van der Waals surface area contributed by atoms with E-state index in [2.05, 4.69) is 0 Å². The molecule has 0 spiro atoms. The Morgan fingerprint density at radius 2 is 1.83 bits per heavy atom. The maximum Gasteiger partial charge on any atom is 0.270 e. The van der Waals surface area contributed by atoms with Crippen molar-refractivity contribution in [2.45, 2.75) is 0 Å². The summed E-state index contributed by atoms with van der Waals surface area (Å²) in [5.74, 6) is 0. The molecule has 0 aromatic heterocycles. The van der Waals surface area contributed by atoms with Crippen LogP contribution in [0.1, 0.15) is 11.1 Å². The first-order chi connectivity index (χ1) is 5.72. The molecular weight excluding hydrogens is 160 g/mol. The zero-order chi connectivity index (χ0) is 8.97. The molecule has 0 N–H and O–H groups in total. The summed E-state index contributed by atoms with van der Waals surface area (Å²) in [6, 6.07) is 7.83. The van der Waals surface area contributed by atoms with E-state index in [0.29, 0.717) is 11.1 Å². The first-order valence-corrected chi connectivity index (χ1v) is 3.25. The second-order valence-corrected chi connectivity index (χ2v) is 2.17. The predicted molar refractivity (Wildman–Crippen MR) is 41.4 cm³/mol. The van der Waals surface area contributed by atoms with Crippen LogP contribution in [0.5, 0.6) is 0 Å². The number of rotatable bonds is 1. The summed E-state index contributed by atoms with van der Waals surface area (Å²) in [5, 5.41) is 8.40. The fourth-order valence-corrected chi connectivity index (χ4v) is 0.780. The highest BCUT2D eigenvalue weighted by atomic mass is 19.3. The maximum absolute atomic E-state index is 11.7. The minimum absolute atomic E-state index is 0.397. The van der Waals surface area contributed by atoms with Gasteiger partial charge in [-0.05, 0) is 17.7 Å². The molecule has 0 amide bonds. The van der Waals surface area contributed by atoms with Gasteiger partial charge in [0.15, 0.2) is 0 Å². The molecule has 1 aromatic carbocycles. The van der Waals surface area contributed by atoms with Crippen LogP contribution in [0.25, 0.3) is 6.08 Å². The third-order valence-corrected chi connectivity index (χ3v) is 1.32. The Morgan fingerprint density at radius 3 is 2.25 bits per heavy atom. The Kier molecular flexibility index (Phi) is 2.54. The lowest BCUT2D eigenvalue weighted by Gasteiger charge is -1.91. The van der Waals surface area contributed by atoms with Crippen LogP contribution in [0.4, 0.5) is 8.78 Å². The number of nitrogens with zero attached hydrogens (tertiary/aromatic N) is 1. The van der Waals surface area contributed by atoms with Crippen molar-refractivity contribution < 1.29 is 8.78 Å². The van der Waals surface area contributed by atoms with Gasteiger partial charge in [-0.25, -0.2) is 0 Å². The summed E-state index contributed by atoms with van der Waals surface area (Å²) in [5.41, 5.74) is 0.861. The van der Waals surface area contributed by atoms with Gasteiger partial charge in [-0.3, -0.25) is 0 Å². The van der Waals surface area contributed by atoms with Gasteiger partial charge in [-0.2, -0.15) is 14.0 Å². The largest absolute Gasteiger partial charge is 0.270 e. The zero-order valence-corrected chi connectivity index (χ0v) is 6.09. The fraction of sp³-hybridized carbons (Fsp3) is 0. The number of hydrogen-bond donors (Lipinski definition) is 0. The van der Waals surface area contributed by atoms with Crippen LogP contribution in [-0.4, -0.2) is 0 Å². The molecule has 0 heterocycles. The highest BCUT2D eigenvalue weighted by Gasteiger charge is 1.92. The molecule has 60 valence electrons. The van der Waals surface area contributed by atoms with Crippen LogP contribution in [0.2, 0.25) is 0 Å². The molecule has 0 aliphatic rings. The first kappa shape index (κ1) is 8.41. The number of benzene rings is 1. The lowest BCUT2D eigenvalue weighted by molar-refractivity contribution is 0.429. The summed E-state index contributed by atoms with van der Waals surface area (Å²) >= 11 is 0. The van der Waals surface area contributed by atoms with E-state index in [-0.39, 0.29) is 0 Å². The van der Waals surface area contributed by atoms with Crippen LogP contribution in [-0.2, 0) is 0 Å². The van der Waals surface area contributed by atoms with Gasteiger partial charge in [0.25, 0.3) is 6.08 Å². The topological polar surface area (TPSA) is 23.8 Å². The van der Waals surface area contributed by atoms with E-state index in [4.69, 9.17) is 5.26 Å². The molecule has 0 saturated carbocycles. The van der Waals surface area contributed by atoms with E-state index in [0.717, 1.165) is 6.08 Å². The van der Waals surface area contributed by atoms with Gasteiger partial charge in [-0.15, -0.1) is 0 Å². The van der Waals surface area contributed by atoms with E-state index >= 15 is 0 Å². The molecule has 0 unspecified atom stereocenters. The SMILES string of the molecule is N#Cc1ccc(C=C(F)F)cc1. The van der Waals surface area contributed by atoms with Crippen LogP contribution >= 0.6 is 0 Å². The van der Waals surface area contributed by atoms with Crippen LogP contribution in [0.15, 0.2) is 30.3 Å². The van der Waals surface area contributed by atoms with Crippen molar-refractivity contribution in [3.8, 4) is 6.07 Å². The Morgan fingerprint density at radius 1 is 1.25 bits per heavy atom. The van der Waals surface area contributed by atoms with Gasteiger partial charge in [-0.1, -0.05) is 12.1 Å². The van der Waals surface area contributed by atoms with Crippen molar-refractivity contribution in [2.24, 2.45) is 0 Å². The first-order valence-electron chi connectivity index (χ1n) is 3.25. The maximum atomic E-state index is 11.7. The van der Waals surface area contributed by atoms with Gasteiger partial charge in [0, 0.05) is 6.08 Å². The fourth-order valence-electron chi connectivity index (χ4n) is 0.780. The molecule has 1 rings (SSSR count). The standard InChI is InChI=1S/C9H5F2N/c10-9(11)5-7-1-3-8(6-12)4-2-7/h1-5H. The Labute approximate surface area is 68.6 Å². The lowest BCUT2D eigenvalue weighted by atomic mass is 10.1. The minimum Gasteiger partial charge on any atom is -0.192 e. The molecule has 3 heteroatoms. The molecular formula is C9H5F2N. The van der Waals surface area contributed by atoms with E-state index in [1.165, 1.54) is 24.3 Å². The number of hydrogen-bond acceptors (Lipinski definition) is 1. The quantitative estimate of drug-likeness (QED) is 0.627. The van der Waals surface area contributed by atoms with Crippen molar-refractivity contribution in [3.63, 3.8) is 0 Å². The second kappa shape index (κ2) is 3.63. The van der Waals surface area contributed by atoms with Crippen LogP contribution in [0.3, 0.4) is 0 Å². The Bertz CT molecular complexity index is 329. The lowest BCUT2D eigenvalue weighted by Crippen LogP contribution is -1.74. The van der Waals surface area contributed by atoms with Gasteiger partial charge in [0.1, 0.15) is 0 Å². The molecule has 0 atom stereocenters. The molecule has 0 saturated heterocycles. The van der Waals surface area contributed by atoms with Gasteiger partial charge < -0.3 is 0 Å². The molecule has 0 fully saturated rings. The van der Waals surface area contributed by atoms with Crippen molar-refractivity contribution >= 4 is 6.08 Å². The van der Waals surface area contributed by atoms with Crippen molar-refractivity contribution in [1.29, 1.82) is 5.26 Å². The van der Waals surface area contributed by atoms with Crippen molar-refractivity contribution in [1.82, 2.24) is 0 Å². The summed E-state index contributed by atoms with van der Waals surface area (Å²) in [6.45, 7) is 0. The average molecular weight is 165 g/mol. The highest BCUT2D eigenvalue weighted by Crippen LogP contribution is 2.09. The normalized spacial score (nSPS) is 8.75. The molecule has 1 aromatic rings. The molecule has 0 bridgehead atoms. The number of nitriles is 1. The smallest absolute Gasteiger partial charge is 0.192 e. The van der Waals surface area contributed by atoms with E-state index in [1.807, 2.05) is 6.07 Å². The third kappa shape index (κ3) is 2.17. The summed E-state index contributed by atoms with van der Waals surface area (Å²) in [6.07, 6.45) is -0.985. The van der Waals surface area contributed by atoms with Crippen molar-refractivity contribution in [2.75, 3.05) is 0 Å². The molecule has 1 nitrogen and oxygen atoms in total. The summed E-state index contributed by atoms with van der Waals surface area (Å²) < 4.78 is 23.4. The van der Waals surface area contributed by atoms with Gasteiger partial charge >= 0.3 is 0 Å². The Balaban J connectivity index is 2.95. The van der Waals surface area contributed by atoms with Crippen LogP contribution in [0, 0.1) is 11.3 Å². The van der Waals surface area contributed by atoms with Gasteiger partial charge in [0.05, 0.1) is 11.6 Å². The molecule has 0 aliphatic heterocycles. The number of halogens is 2. The van der Waals surface area contributed by atoms with Gasteiger partial charge in [0.2, 0.25) is 0 Å².